The zero-order valence-corrected chi connectivity index (χ0v) is 11.4. The third-order valence-corrected chi connectivity index (χ3v) is 3.96. The predicted octanol–water partition coefficient (Wildman–Crippen LogP) is 3.41. The van der Waals surface area contributed by atoms with Crippen molar-refractivity contribution in [1.29, 1.82) is 0 Å². The summed E-state index contributed by atoms with van der Waals surface area (Å²) in [6, 6.07) is 1.54. The van der Waals surface area contributed by atoms with Gasteiger partial charge in [-0.1, -0.05) is 26.2 Å². The second-order valence-electron chi connectivity index (χ2n) is 5.58. The van der Waals surface area contributed by atoms with Gasteiger partial charge in [0.1, 0.15) is 0 Å². The Balaban J connectivity index is 1.84. The maximum absolute atomic E-state index is 11.1. The van der Waals surface area contributed by atoms with E-state index in [-0.39, 0.29) is 0 Å². The first-order valence-corrected chi connectivity index (χ1v) is 7.08. The van der Waals surface area contributed by atoms with Gasteiger partial charge >= 0.3 is 5.97 Å². The summed E-state index contributed by atoms with van der Waals surface area (Å²) >= 11 is 0. The maximum atomic E-state index is 11.1. The van der Waals surface area contributed by atoms with Gasteiger partial charge in [0, 0.05) is 12.7 Å². The molecule has 4 heteroatoms. The number of anilines is 1. The molecule has 1 saturated carbocycles. The Morgan fingerprint density at radius 2 is 2.37 bits per heavy atom. The molecular weight excluding hydrogens is 240 g/mol. The van der Waals surface area contributed by atoms with Gasteiger partial charge in [-0.25, -0.2) is 4.79 Å². The fourth-order valence-electron chi connectivity index (χ4n) is 2.95. The average molecular weight is 262 g/mol. The Morgan fingerprint density at radius 1 is 1.53 bits per heavy atom. The van der Waals surface area contributed by atoms with Crippen LogP contribution in [0.15, 0.2) is 18.5 Å². The largest absolute Gasteiger partial charge is 0.478 e. The van der Waals surface area contributed by atoms with E-state index in [1.807, 2.05) is 0 Å². The number of nitrogens with one attached hydrogen (secondary N) is 1. The second kappa shape index (κ2) is 6.55. The van der Waals surface area contributed by atoms with E-state index in [0.717, 1.165) is 24.8 Å². The van der Waals surface area contributed by atoms with Gasteiger partial charge in [-0.2, -0.15) is 0 Å². The highest BCUT2D eigenvalue weighted by Crippen LogP contribution is 2.30. The molecule has 0 aliphatic heterocycles. The second-order valence-corrected chi connectivity index (χ2v) is 5.58. The molecule has 0 radical (unpaired) electrons. The molecule has 0 saturated heterocycles. The Hall–Kier alpha value is -1.58. The molecule has 2 atom stereocenters. The van der Waals surface area contributed by atoms with Gasteiger partial charge in [-0.05, 0) is 30.7 Å². The Labute approximate surface area is 114 Å². The van der Waals surface area contributed by atoms with Gasteiger partial charge in [0.2, 0.25) is 0 Å². The molecule has 1 aliphatic carbocycles. The molecule has 4 nitrogen and oxygen atoms in total. The highest BCUT2D eigenvalue weighted by atomic mass is 16.4. The van der Waals surface area contributed by atoms with Gasteiger partial charge in [-0.3, -0.25) is 4.98 Å². The first-order valence-electron chi connectivity index (χ1n) is 7.08. The summed E-state index contributed by atoms with van der Waals surface area (Å²) in [5, 5.41) is 12.3. The zero-order valence-electron chi connectivity index (χ0n) is 11.4. The van der Waals surface area contributed by atoms with Crippen LogP contribution < -0.4 is 5.32 Å². The zero-order chi connectivity index (χ0) is 13.7. The molecule has 0 bridgehead atoms. The lowest BCUT2D eigenvalue weighted by atomic mass is 9.81. The van der Waals surface area contributed by atoms with Crippen molar-refractivity contribution < 1.29 is 9.90 Å². The maximum Gasteiger partial charge on any atom is 0.337 e. The molecule has 1 fully saturated rings. The quantitative estimate of drug-likeness (QED) is 0.853. The van der Waals surface area contributed by atoms with E-state index in [1.165, 1.54) is 37.9 Å². The van der Waals surface area contributed by atoms with Crippen molar-refractivity contribution in [3.8, 4) is 0 Å². The molecule has 0 aromatic carbocycles. The van der Waals surface area contributed by atoms with Crippen molar-refractivity contribution in [2.45, 2.75) is 39.0 Å². The first kappa shape index (κ1) is 13.8. The number of pyridine rings is 1. The monoisotopic (exact) mass is 262 g/mol. The van der Waals surface area contributed by atoms with Gasteiger partial charge in [0.15, 0.2) is 0 Å². The van der Waals surface area contributed by atoms with Crippen LogP contribution in [-0.2, 0) is 0 Å². The SMILES string of the molecule is CC1CCCC(CCNc2cnccc2C(=O)O)C1. The fourth-order valence-corrected chi connectivity index (χ4v) is 2.95. The Kier molecular flexibility index (Phi) is 4.77. The van der Waals surface area contributed by atoms with Crippen molar-refractivity contribution in [3.63, 3.8) is 0 Å². The first-order chi connectivity index (χ1) is 9.16. The van der Waals surface area contributed by atoms with Crippen LogP contribution in [0.5, 0.6) is 0 Å². The number of carboxylic acid groups (broad SMARTS) is 1. The number of nitrogens with zero attached hydrogens (tertiary/aromatic N) is 1. The smallest absolute Gasteiger partial charge is 0.337 e. The molecule has 1 heterocycles. The van der Waals surface area contributed by atoms with Gasteiger partial charge in [0.25, 0.3) is 0 Å². The Bertz CT molecular complexity index is 434. The highest BCUT2D eigenvalue weighted by Gasteiger charge is 2.18. The molecule has 1 aliphatic rings. The van der Waals surface area contributed by atoms with E-state index in [2.05, 4.69) is 17.2 Å². The van der Waals surface area contributed by atoms with Crippen LogP contribution in [0.25, 0.3) is 0 Å². The predicted molar refractivity (Wildman–Crippen MR) is 75.4 cm³/mol. The third kappa shape index (κ3) is 3.94. The number of hydrogen-bond donors (Lipinski definition) is 2. The normalized spacial score (nSPS) is 23.0. The summed E-state index contributed by atoms with van der Waals surface area (Å²) in [4.78, 5) is 15.0. The van der Waals surface area contributed by atoms with Crippen molar-refractivity contribution in [2.75, 3.05) is 11.9 Å². The summed E-state index contributed by atoms with van der Waals surface area (Å²) in [7, 11) is 0. The minimum atomic E-state index is -0.906. The lowest BCUT2D eigenvalue weighted by Gasteiger charge is -2.26. The molecule has 2 N–H and O–H groups in total. The van der Waals surface area contributed by atoms with Crippen molar-refractivity contribution in [2.24, 2.45) is 11.8 Å². The fraction of sp³-hybridized carbons (Fsp3) is 0.600. The van der Waals surface area contributed by atoms with E-state index in [1.54, 1.807) is 6.20 Å². The van der Waals surface area contributed by atoms with E-state index in [4.69, 9.17) is 5.11 Å². The van der Waals surface area contributed by atoms with Crippen LogP contribution in [0.4, 0.5) is 5.69 Å². The molecule has 104 valence electrons. The highest BCUT2D eigenvalue weighted by molar-refractivity contribution is 5.93. The number of carbonyl (C=O) groups is 1. The summed E-state index contributed by atoms with van der Waals surface area (Å²) < 4.78 is 0. The standard InChI is InChI=1S/C15H22N2O2/c1-11-3-2-4-12(9-11)5-8-17-14-10-16-7-6-13(14)15(18)19/h6-7,10-12,17H,2-5,8-9H2,1H3,(H,18,19). The van der Waals surface area contributed by atoms with E-state index >= 15 is 0 Å². The number of aromatic carboxylic acids is 1. The van der Waals surface area contributed by atoms with E-state index in [0.29, 0.717) is 11.3 Å². The molecule has 2 rings (SSSR count). The van der Waals surface area contributed by atoms with Crippen molar-refractivity contribution in [3.05, 3.63) is 24.0 Å². The average Bonchev–Trinajstić information content (AvgIpc) is 2.39. The van der Waals surface area contributed by atoms with Crippen LogP contribution >= 0.6 is 0 Å². The summed E-state index contributed by atoms with van der Waals surface area (Å²) in [6.07, 6.45) is 9.52. The third-order valence-electron chi connectivity index (χ3n) is 3.96. The van der Waals surface area contributed by atoms with Crippen molar-refractivity contribution in [1.82, 2.24) is 4.98 Å². The molecule has 1 aromatic heterocycles. The van der Waals surface area contributed by atoms with E-state index < -0.39 is 5.97 Å². The summed E-state index contributed by atoms with van der Waals surface area (Å²) in [5.74, 6) is 0.712. The number of carboxylic acids is 1. The van der Waals surface area contributed by atoms with E-state index in [9.17, 15) is 4.79 Å². The van der Waals surface area contributed by atoms with Crippen molar-refractivity contribution >= 4 is 11.7 Å². The molecule has 2 unspecified atom stereocenters. The number of rotatable bonds is 5. The van der Waals surface area contributed by atoms with Gasteiger partial charge in [-0.15, -0.1) is 0 Å². The molecular formula is C15H22N2O2. The minimum Gasteiger partial charge on any atom is -0.478 e. The van der Waals surface area contributed by atoms with Crippen LogP contribution in [0, 0.1) is 11.8 Å². The van der Waals surface area contributed by atoms with Crippen LogP contribution in [0.2, 0.25) is 0 Å². The molecule has 0 spiro atoms. The lowest BCUT2D eigenvalue weighted by molar-refractivity contribution is 0.0698. The van der Waals surface area contributed by atoms with Gasteiger partial charge < -0.3 is 10.4 Å². The summed E-state index contributed by atoms with van der Waals surface area (Å²) in [6.45, 7) is 3.15. The summed E-state index contributed by atoms with van der Waals surface area (Å²) in [5.41, 5.74) is 0.922. The molecule has 1 aromatic rings. The van der Waals surface area contributed by atoms with Crippen LogP contribution in [-0.4, -0.2) is 22.6 Å². The molecule has 19 heavy (non-hydrogen) atoms. The topological polar surface area (TPSA) is 62.2 Å². The number of aromatic nitrogens is 1. The van der Waals surface area contributed by atoms with Crippen LogP contribution in [0.3, 0.4) is 0 Å². The van der Waals surface area contributed by atoms with Gasteiger partial charge in [0.05, 0.1) is 17.4 Å². The minimum absolute atomic E-state index is 0.298. The number of hydrogen-bond acceptors (Lipinski definition) is 3. The Morgan fingerprint density at radius 3 is 3.11 bits per heavy atom. The molecule has 0 amide bonds. The van der Waals surface area contributed by atoms with Crippen LogP contribution in [0.1, 0.15) is 49.4 Å². The lowest BCUT2D eigenvalue weighted by Crippen LogP contribution is -2.17.